The van der Waals surface area contributed by atoms with Gasteiger partial charge in [-0.2, -0.15) is 0 Å². The van der Waals surface area contributed by atoms with Crippen molar-refractivity contribution >= 4 is 0 Å². The molecule has 1 N–H and O–H groups in total. The summed E-state index contributed by atoms with van der Waals surface area (Å²) in [6, 6.07) is 0.887. The number of aliphatic hydroxyl groups is 1. The fourth-order valence-corrected chi connectivity index (χ4v) is 9.95. The zero-order valence-corrected chi connectivity index (χ0v) is 19.0. The van der Waals surface area contributed by atoms with Crippen molar-refractivity contribution < 1.29 is 5.11 Å². The van der Waals surface area contributed by atoms with Crippen LogP contribution in [0.3, 0.4) is 0 Å². The average molecular weight is 398 g/mol. The third-order valence-corrected chi connectivity index (χ3v) is 11.4. The number of hydrogen-bond acceptors (Lipinski definition) is 2. The van der Waals surface area contributed by atoms with Crippen molar-refractivity contribution in [3.63, 3.8) is 0 Å². The Kier molecular flexibility index (Phi) is 4.56. The molecule has 0 bridgehead atoms. The van der Waals surface area contributed by atoms with Gasteiger partial charge in [0.2, 0.25) is 0 Å². The highest BCUT2D eigenvalue weighted by molar-refractivity contribution is 5.25. The van der Waals surface area contributed by atoms with Gasteiger partial charge in [-0.1, -0.05) is 32.4 Å². The zero-order valence-electron chi connectivity index (χ0n) is 19.0. The van der Waals surface area contributed by atoms with E-state index in [2.05, 4.69) is 31.7 Å². The van der Waals surface area contributed by atoms with Gasteiger partial charge in [-0.15, -0.1) is 0 Å². The quantitative estimate of drug-likeness (QED) is 0.545. The van der Waals surface area contributed by atoms with Crippen molar-refractivity contribution in [3.05, 3.63) is 11.6 Å². The first kappa shape index (κ1) is 19.4. The van der Waals surface area contributed by atoms with Crippen LogP contribution in [0.2, 0.25) is 0 Å². The Morgan fingerprint density at radius 1 is 0.931 bits per heavy atom. The fraction of sp³-hybridized carbons (Fsp3) is 0.926. The Morgan fingerprint density at radius 2 is 1.76 bits per heavy atom. The lowest BCUT2D eigenvalue weighted by Gasteiger charge is -2.56. The molecule has 0 aromatic rings. The lowest BCUT2D eigenvalue weighted by molar-refractivity contribution is -0.0715. The molecule has 11 atom stereocenters. The van der Waals surface area contributed by atoms with Gasteiger partial charge in [-0.05, 0) is 111 Å². The van der Waals surface area contributed by atoms with Crippen molar-refractivity contribution in [1.29, 1.82) is 0 Å². The van der Waals surface area contributed by atoms with Crippen LogP contribution in [0.25, 0.3) is 0 Å². The Hall–Kier alpha value is -0.340. The van der Waals surface area contributed by atoms with Crippen LogP contribution in [-0.4, -0.2) is 35.2 Å². The molecule has 2 saturated heterocycles. The summed E-state index contributed by atoms with van der Waals surface area (Å²) in [4.78, 5) is 2.95. The largest absolute Gasteiger partial charge is 0.393 e. The van der Waals surface area contributed by atoms with Crippen molar-refractivity contribution in [1.82, 2.24) is 4.90 Å². The van der Waals surface area contributed by atoms with Gasteiger partial charge < -0.3 is 5.11 Å². The molecule has 4 aliphatic carbocycles. The number of rotatable bonds is 0. The van der Waals surface area contributed by atoms with E-state index in [1.807, 2.05) is 0 Å². The Morgan fingerprint density at radius 3 is 2.62 bits per heavy atom. The van der Waals surface area contributed by atoms with E-state index in [4.69, 9.17) is 0 Å². The molecule has 0 spiro atoms. The summed E-state index contributed by atoms with van der Waals surface area (Å²) in [6.45, 7) is 10.5. The van der Waals surface area contributed by atoms with E-state index in [1.54, 1.807) is 5.57 Å². The van der Waals surface area contributed by atoms with E-state index in [1.165, 1.54) is 58.0 Å². The van der Waals surface area contributed by atoms with Crippen molar-refractivity contribution in [2.24, 2.45) is 52.8 Å². The Balaban J connectivity index is 1.27. The zero-order chi connectivity index (χ0) is 19.9. The van der Waals surface area contributed by atoms with Crippen molar-refractivity contribution in [2.45, 2.75) is 90.7 Å². The maximum Gasteiger partial charge on any atom is 0.0577 e. The molecule has 0 unspecified atom stereocenters. The molecule has 162 valence electrons. The minimum Gasteiger partial charge on any atom is -0.393 e. The van der Waals surface area contributed by atoms with E-state index in [9.17, 15) is 5.11 Å². The minimum absolute atomic E-state index is 0.0730. The second-order valence-electron chi connectivity index (χ2n) is 12.6. The molecule has 0 amide bonds. The number of nitrogens with zero attached hydrogens (tertiary/aromatic N) is 1. The molecule has 6 rings (SSSR count). The summed E-state index contributed by atoms with van der Waals surface area (Å²) in [5.41, 5.74) is 2.03. The van der Waals surface area contributed by atoms with Crippen LogP contribution in [0.15, 0.2) is 11.6 Å². The highest BCUT2D eigenvalue weighted by Gasteiger charge is 2.59. The fourth-order valence-electron chi connectivity index (χ4n) is 9.95. The SMILES string of the molecule is C[C@H]1CC[C@@H]2[C@@H](C)[C@H]3CC[C@@H]4[C@H](C[C@@H]5[C@@H]4CC=C4C[C@@H](O)CC[C@@]45C)[C@@H]3CN2C1. The lowest BCUT2D eigenvalue weighted by atomic mass is 9.56. The number of fused-ring (bicyclic) bond motifs is 8. The van der Waals surface area contributed by atoms with Crippen LogP contribution in [0, 0.1) is 52.8 Å². The monoisotopic (exact) mass is 397 g/mol. The van der Waals surface area contributed by atoms with Crippen molar-refractivity contribution in [2.75, 3.05) is 13.1 Å². The maximum atomic E-state index is 10.3. The molecule has 2 aliphatic heterocycles. The van der Waals surface area contributed by atoms with Gasteiger partial charge >= 0.3 is 0 Å². The van der Waals surface area contributed by atoms with E-state index in [-0.39, 0.29) is 6.10 Å². The molecule has 0 aromatic heterocycles. The van der Waals surface area contributed by atoms with Crippen LogP contribution < -0.4 is 0 Å². The van der Waals surface area contributed by atoms with E-state index in [0.29, 0.717) is 5.41 Å². The maximum absolute atomic E-state index is 10.3. The molecular weight excluding hydrogens is 354 g/mol. The molecular formula is C27H43NO. The van der Waals surface area contributed by atoms with Gasteiger partial charge in [0.1, 0.15) is 0 Å². The number of aliphatic hydroxyl groups excluding tert-OH is 1. The second kappa shape index (κ2) is 6.83. The van der Waals surface area contributed by atoms with Crippen LogP contribution >= 0.6 is 0 Å². The number of piperidine rings is 2. The van der Waals surface area contributed by atoms with Gasteiger partial charge in [-0.25, -0.2) is 0 Å². The first-order chi connectivity index (χ1) is 14.0. The third kappa shape index (κ3) is 2.80. The average Bonchev–Trinajstić information content (AvgIpc) is 3.09. The summed E-state index contributed by atoms with van der Waals surface area (Å²) in [6.07, 6.45) is 14.5. The molecule has 2 heterocycles. The van der Waals surface area contributed by atoms with Crippen molar-refractivity contribution in [3.8, 4) is 0 Å². The summed E-state index contributed by atoms with van der Waals surface area (Å²) < 4.78 is 0. The van der Waals surface area contributed by atoms with Crippen LogP contribution in [0.4, 0.5) is 0 Å². The topological polar surface area (TPSA) is 23.5 Å². The smallest absolute Gasteiger partial charge is 0.0577 e. The van der Waals surface area contributed by atoms with Gasteiger partial charge in [0.05, 0.1) is 6.10 Å². The normalized spacial score (nSPS) is 57.0. The van der Waals surface area contributed by atoms with E-state index in [0.717, 1.165) is 66.2 Å². The Bertz CT molecular complexity index is 684. The van der Waals surface area contributed by atoms with Crippen LogP contribution in [0.5, 0.6) is 0 Å². The number of allylic oxidation sites excluding steroid dienone is 1. The Labute approximate surface area is 178 Å². The van der Waals surface area contributed by atoms with Crippen LogP contribution in [0.1, 0.15) is 78.6 Å². The third-order valence-electron chi connectivity index (χ3n) is 11.4. The van der Waals surface area contributed by atoms with Gasteiger partial charge in [0, 0.05) is 19.1 Å². The van der Waals surface area contributed by atoms with E-state index >= 15 is 0 Å². The lowest BCUT2D eigenvalue weighted by Crippen LogP contribution is -2.58. The molecule has 29 heavy (non-hydrogen) atoms. The molecule has 5 fully saturated rings. The van der Waals surface area contributed by atoms with E-state index < -0.39 is 0 Å². The predicted octanol–water partition coefficient (Wildman–Crippen LogP) is 5.51. The molecule has 3 saturated carbocycles. The predicted molar refractivity (Wildman–Crippen MR) is 118 cm³/mol. The minimum atomic E-state index is -0.0730. The molecule has 2 nitrogen and oxygen atoms in total. The molecule has 6 aliphatic rings. The molecule has 0 radical (unpaired) electrons. The first-order valence-electron chi connectivity index (χ1n) is 13.1. The summed E-state index contributed by atoms with van der Waals surface area (Å²) in [7, 11) is 0. The highest BCUT2D eigenvalue weighted by Crippen LogP contribution is 2.65. The molecule has 0 aromatic carbocycles. The highest BCUT2D eigenvalue weighted by atomic mass is 16.3. The molecule has 2 heteroatoms. The number of hydrogen-bond donors (Lipinski definition) is 1. The van der Waals surface area contributed by atoms with Gasteiger partial charge in [0.25, 0.3) is 0 Å². The summed E-state index contributed by atoms with van der Waals surface area (Å²) in [5, 5.41) is 10.3. The standard InChI is InChI=1S/C27H43NO/c1-16-4-9-26-17(2)20-7-8-21-22-6-5-18-12-19(29)10-11-27(18,3)25(22)13-23(21)24(20)15-28(26)14-16/h5,16-17,19-26,29H,4,6-15H2,1-3H3/t16-,17-,19-,20+,21-,22+,23-,24+,25+,26+,27-/m0/s1. The summed E-state index contributed by atoms with van der Waals surface area (Å²) >= 11 is 0. The first-order valence-corrected chi connectivity index (χ1v) is 13.1. The second-order valence-corrected chi connectivity index (χ2v) is 12.6. The van der Waals surface area contributed by atoms with Crippen LogP contribution in [-0.2, 0) is 0 Å². The summed E-state index contributed by atoms with van der Waals surface area (Å²) in [5.74, 6) is 7.61. The van der Waals surface area contributed by atoms with Gasteiger partial charge in [0.15, 0.2) is 0 Å². The van der Waals surface area contributed by atoms with Gasteiger partial charge in [-0.3, -0.25) is 4.90 Å².